The van der Waals surface area contributed by atoms with Gasteiger partial charge in [0.05, 0.1) is 0 Å². The van der Waals surface area contributed by atoms with E-state index in [0.717, 1.165) is 12.2 Å². The molecule has 2 rings (SSSR count). The first-order chi connectivity index (χ1) is 8.59. The van der Waals surface area contributed by atoms with Crippen LogP contribution in [0, 0.1) is 5.41 Å². The third-order valence-corrected chi connectivity index (χ3v) is 3.76. The topological polar surface area (TPSA) is 62.2 Å². The summed E-state index contributed by atoms with van der Waals surface area (Å²) in [6.45, 7) is 3.20. The van der Waals surface area contributed by atoms with Gasteiger partial charge in [0.15, 0.2) is 0 Å². The molecule has 1 aliphatic rings. The molecule has 0 atom stereocenters. The van der Waals surface area contributed by atoms with Crippen LogP contribution < -0.4 is 5.32 Å². The summed E-state index contributed by atoms with van der Waals surface area (Å²) < 4.78 is 0. The van der Waals surface area contributed by atoms with Crippen LogP contribution in [0.5, 0.6) is 0 Å². The molecular weight excluding hydrogens is 228 g/mol. The van der Waals surface area contributed by atoms with Crippen molar-refractivity contribution in [1.29, 1.82) is 0 Å². The van der Waals surface area contributed by atoms with Crippen LogP contribution >= 0.6 is 0 Å². The molecule has 1 aliphatic carbocycles. The molecule has 98 valence electrons. The Balaban J connectivity index is 1.97. The van der Waals surface area contributed by atoms with Gasteiger partial charge in [0.2, 0.25) is 0 Å². The lowest BCUT2D eigenvalue weighted by molar-refractivity contribution is 0.0690. The van der Waals surface area contributed by atoms with Crippen molar-refractivity contribution in [3.05, 3.63) is 24.0 Å². The molecule has 0 bridgehead atoms. The largest absolute Gasteiger partial charge is 0.477 e. The highest BCUT2D eigenvalue weighted by Gasteiger charge is 2.26. The number of anilines is 1. The van der Waals surface area contributed by atoms with E-state index in [1.807, 2.05) is 6.07 Å². The molecule has 1 heterocycles. The van der Waals surface area contributed by atoms with E-state index < -0.39 is 5.97 Å². The summed E-state index contributed by atoms with van der Waals surface area (Å²) in [6.07, 6.45) is 7.97. The van der Waals surface area contributed by atoms with Gasteiger partial charge in [-0.15, -0.1) is 0 Å². The van der Waals surface area contributed by atoms with E-state index in [1.165, 1.54) is 38.3 Å². The normalized spacial score (nSPS) is 18.3. The van der Waals surface area contributed by atoms with E-state index in [2.05, 4.69) is 17.2 Å². The first kappa shape index (κ1) is 12.9. The zero-order chi connectivity index (χ0) is 13.0. The number of hydrogen-bond acceptors (Lipinski definition) is 3. The van der Waals surface area contributed by atoms with Crippen LogP contribution in [0.4, 0.5) is 5.69 Å². The lowest BCUT2D eigenvalue weighted by Gasteiger charge is -2.34. The smallest absolute Gasteiger partial charge is 0.354 e. The van der Waals surface area contributed by atoms with Crippen molar-refractivity contribution in [3.8, 4) is 0 Å². The van der Waals surface area contributed by atoms with Crippen molar-refractivity contribution in [3.63, 3.8) is 0 Å². The second kappa shape index (κ2) is 5.38. The van der Waals surface area contributed by atoms with Gasteiger partial charge in [-0.1, -0.05) is 26.2 Å². The number of aromatic nitrogens is 1. The molecule has 1 aromatic heterocycles. The van der Waals surface area contributed by atoms with Gasteiger partial charge < -0.3 is 10.4 Å². The fraction of sp³-hybridized carbons (Fsp3) is 0.571. The van der Waals surface area contributed by atoms with E-state index in [9.17, 15) is 4.79 Å². The highest BCUT2D eigenvalue weighted by Crippen LogP contribution is 2.35. The van der Waals surface area contributed by atoms with E-state index in [-0.39, 0.29) is 5.69 Å². The Morgan fingerprint density at radius 2 is 2.17 bits per heavy atom. The third kappa shape index (κ3) is 3.22. The molecule has 0 aliphatic heterocycles. The molecule has 0 aromatic carbocycles. The number of hydrogen-bond donors (Lipinski definition) is 2. The van der Waals surface area contributed by atoms with Gasteiger partial charge in [-0.2, -0.15) is 0 Å². The molecule has 4 heteroatoms. The second-order valence-electron chi connectivity index (χ2n) is 5.46. The Bertz CT molecular complexity index is 426. The molecule has 1 aromatic rings. The molecule has 18 heavy (non-hydrogen) atoms. The Morgan fingerprint density at radius 1 is 1.44 bits per heavy atom. The first-order valence-electron chi connectivity index (χ1n) is 6.52. The van der Waals surface area contributed by atoms with E-state index in [1.54, 1.807) is 6.07 Å². The fourth-order valence-electron chi connectivity index (χ4n) is 2.56. The molecule has 0 amide bonds. The monoisotopic (exact) mass is 248 g/mol. The average molecular weight is 248 g/mol. The maximum Gasteiger partial charge on any atom is 0.354 e. The Hall–Kier alpha value is -1.58. The summed E-state index contributed by atoms with van der Waals surface area (Å²) >= 11 is 0. The minimum Gasteiger partial charge on any atom is -0.477 e. The quantitative estimate of drug-likeness (QED) is 0.859. The Kier molecular flexibility index (Phi) is 3.84. The van der Waals surface area contributed by atoms with Crippen LogP contribution in [0.2, 0.25) is 0 Å². The predicted molar refractivity (Wildman–Crippen MR) is 70.9 cm³/mol. The van der Waals surface area contributed by atoms with Crippen molar-refractivity contribution in [2.24, 2.45) is 5.41 Å². The number of aromatic carboxylic acids is 1. The van der Waals surface area contributed by atoms with Crippen LogP contribution in [-0.4, -0.2) is 22.6 Å². The number of carboxylic acid groups (broad SMARTS) is 1. The fourth-order valence-corrected chi connectivity index (χ4v) is 2.56. The number of nitrogens with zero attached hydrogens (tertiary/aromatic N) is 1. The zero-order valence-electron chi connectivity index (χ0n) is 10.8. The SMILES string of the molecule is CC1(CNc2ccnc(C(=O)O)c2)CCCCC1. The Labute approximate surface area is 107 Å². The van der Waals surface area contributed by atoms with Crippen molar-refractivity contribution >= 4 is 11.7 Å². The lowest BCUT2D eigenvalue weighted by Crippen LogP contribution is -2.28. The van der Waals surface area contributed by atoms with Gasteiger partial charge in [0.1, 0.15) is 5.69 Å². The van der Waals surface area contributed by atoms with Gasteiger partial charge in [0.25, 0.3) is 0 Å². The minimum atomic E-state index is -0.984. The molecular formula is C14H20N2O2. The highest BCUT2D eigenvalue weighted by atomic mass is 16.4. The summed E-state index contributed by atoms with van der Waals surface area (Å²) in [5.41, 5.74) is 1.27. The van der Waals surface area contributed by atoms with Gasteiger partial charge >= 0.3 is 5.97 Å². The maximum atomic E-state index is 10.8. The number of carboxylic acids is 1. The molecule has 0 spiro atoms. The molecule has 0 unspecified atom stereocenters. The molecule has 1 fully saturated rings. The number of pyridine rings is 1. The number of nitrogens with one attached hydrogen (secondary N) is 1. The lowest BCUT2D eigenvalue weighted by atomic mass is 9.76. The summed E-state index contributed by atoms with van der Waals surface area (Å²) in [6, 6.07) is 3.41. The van der Waals surface area contributed by atoms with Crippen LogP contribution in [-0.2, 0) is 0 Å². The van der Waals surface area contributed by atoms with E-state index >= 15 is 0 Å². The van der Waals surface area contributed by atoms with Gasteiger partial charge in [0, 0.05) is 18.4 Å². The molecule has 0 radical (unpaired) electrons. The minimum absolute atomic E-state index is 0.0915. The van der Waals surface area contributed by atoms with Gasteiger partial charge in [-0.25, -0.2) is 9.78 Å². The number of rotatable bonds is 4. The summed E-state index contributed by atoms with van der Waals surface area (Å²) in [7, 11) is 0. The Morgan fingerprint density at radius 3 is 2.83 bits per heavy atom. The van der Waals surface area contributed by atoms with E-state index in [4.69, 9.17) is 5.11 Å². The zero-order valence-corrected chi connectivity index (χ0v) is 10.8. The van der Waals surface area contributed by atoms with Crippen LogP contribution in [0.25, 0.3) is 0 Å². The molecule has 1 saturated carbocycles. The van der Waals surface area contributed by atoms with Crippen molar-refractivity contribution in [2.45, 2.75) is 39.0 Å². The van der Waals surface area contributed by atoms with Crippen molar-refractivity contribution in [1.82, 2.24) is 4.98 Å². The van der Waals surface area contributed by atoms with E-state index in [0.29, 0.717) is 5.41 Å². The predicted octanol–water partition coefficient (Wildman–Crippen LogP) is 3.16. The maximum absolute atomic E-state index is 10.8. The molecule has 2 N–H and O–H groups in total. The van der Waals surface area contributed by atoms with Crippen LogP contribution in [0.3, 0.4) is 0 Å². The van der Waals surface area contributed by atoms with Crippen molar-refractivity contribution < 1.29 is 9.90 Å². The number of carbonyl (C=O) groups is 1. The molecule has 0 saturated heterocycles. The molecule has 4 nitrogen and oxygen atoms in total. The van der Waals surface area contributed by atoms with Crippen molar-refractivity contribution in [2.75, 3.05) is 11.9 Å². The van der Waals surface area contributed by atoms with Gasteiger partial charge in [-0.3, -0.25) is 0 Å². The van der Waals surface area contributed by atoms with Crippen LogP contribution in [0.15, 0.2) is 18.3 Å². The average Bonchev–Trinajstić information content (AvgIpc) is 2.38. The first-order valence-corrected chi connectivity index (χ1v) is 6.52. The second-order valence-corrected chi connectivity index (χ2v) is 5.46. The third-order valence-electron chi connectivity index (χ3n) is 3.76. The summed E-state index contributed by atoms with van der Waals surface area (Å²) in [5, 5.41) is 12.2. The standard InChI is InChI=1S/C14H20N2O2/c1-14(6-3-2-4-7-14)10-16-11-5-8-15-12(9-11)13(17)18/h5,8-9H,2-4,6-7,10H2,1H3,(H,15,16)(H,17,18). The summed E-state index contributed by atoms with van der Waals surface area (Å²) in [4.78, 5) is 14.6. The highest BCUT2D eigenvalue weighted by molar-refractivity contribution is 5.86. The van der Waals surface area contributed by atoms with Gasteiger partial charge in [-0.05, 0) is 30.4 Å². The van der Waals surface area contributed by atoms with Crippen LogP contribution in [0.1, 0.15) is 49.5 Å². The summed E-state index contributed by atoms with van der Waals surface area (Å²) in [5.74, 6) is -0.984.